The second kappa shape index (κ2) is 7.37. The fourth-order valence-electron chi connectivity index (χ4n) is 3.73. The first-order chi connectivity index (χ1) is 15.6. The van der Waals surface area contributed by atoms with E-state index in [0.29, 0.717) is 22.8 Å². The fourth-order valence-corrected chi connectivity index (χ4v) is 3.73. The quantitative estimate of drug-likeness (QED) is 0.274. The molecule has 33 heavy (non-hydrogen) atoms. The molecular weight excluding hydrogens is 427 g/mol. The van der Waals surface area contributed by atoms with E-state index in [4.69, 9.17) is 0 Å². The van der Waals surface area contributed by atoms with E-state index in [0.717, 1.165) is 34.4 Å². The summed E-state index contributed by atoms with van der Waals surface area (Å²) in [6, 6.07) is 17.3. The average Bonchev–Trinajstić information content (AvgIpc) is 3.35. The number of nitrogens with one attached hydrogen (secondary N) is 3. The van der Waals surface area contributed by atoms with Gasteiger partial charge in [-0.05, 0) is 59.5 Å². The Balaban J connectivity index is 1.42. The molecule has 0 aliphatic rings. The SMILES string of the molecule is CC(C)(C)c1ccc(Nc2nc3ccc(-c4nc5ccc(C(F)(F)F)cc5[nH]4)cc3[nH]2)cc1. The van der Waals surface area contributed by atoms with Gasteiger partial charge in [0, 0.05) is 11.3 Å². The van der Waals surface area contributed by atoms with Crippen molar-refractivity contribution in [2.24, 2.45) is 0 Å². The van der Waals surface area contributed by atoms with Crippen molar-refractivity contribution in [1.82, 2.24) is 19.9 Å². The van der Waals surface area contributed by atoms with E-state index in [9.17, 15) is 13.2 Å². The van der Waals surface area contributed by atoms with E-state index in [-0.39, 0.29) is 5.41 Å². The van der Waals surface area contributed by atoms with E-state index >= 15 is 0 Å². The van der Waals surface area contributed by atoms with Gasteiger partial charge in [0.15, 0.2) is 0 Å². The Hall–Kier alpha value is -3.81. The van der Waals surface area contributed by atoms with Gasteiger partial charge in [-0.3, -0.25) is 0 Å². The molecule has 0 saturated carbocycles. The summed E-state index contributed by atoms with van der Waals surface area (Å²) in [6.45, 7) is 6.51. The first kappa shape index (κ1) is 21.1. The summed E-state index contributed by atoms with van der Waals surface area (Å²) < 4.78 is 39.0. The van der Waals surface area contributed by atoms with Crippen LogP contribution in [-0.4, -0.2) is 19.9 Å². The number of benzene rings is 3. The third-order valence-electron chi connectivity index (χ3n) is 5.58. The highest BCUT2D eigenvalue weighted by Crippen LogP contribution is 2.32. The summed E-state index contributed by atoms with van der Waals surface area (Å²) in [4.78, 5) is 15.3. The first-order valence-corrected chi connectivity index (χ1v) is 10.5. The van der Waals surface area contributed by atoms with Crippen LogP contribution in [0.5, 0.6) is 0 Å². The second-order valence-corrected chi connectivity index (χ2v) is 9.08. The zero-order valence-electron chi connectivity index (χ0n) is 18.3. The molecule has 0 spiro atoms. The molecule has 0 amide bonds. The molecule has 0 radical (unpaired) electrons. The highest BCUT2D eigenvalue weighted by Gasteiger charge is 2.30. The molecule has 0 bridgehead atoms. The summed E-state index contributed by atoms with van der Waals surface area (Å²) in [7, 11) is 0. The van der Waals surface area contributed by atoms with Crippen LogP contribution in [-0.2, 0) is 11.6 Å². The first-order valence-electron chi connectivity index (χ1n) is 10.5. The number of hydrogen-bond acceptors (Lipinski definition) is 3. The van der Waals surface area contributed by atoms with E-state index in [1.165, 1.54) is 11.6 Å². The van der Waals surface area contributed by atoms with Crippen molar-refractivity contribution in [1.29, 1.82) is 0 Å². The zero-order valence-corrected chi connectivity index (χ0v) is 18.3. The molecule has 0 unspecified atom stereocenters. The van der Waals surface area contributed by atoms with Crippen LogP contribution in [0.4, 0.5) is 24.8 Å². The number of nitrogens with zero attached hydrogens (tertiary/aromatic N) is 2. The number of H-pyrrole nitrogens is 2. The summed E-state index contributed by atoms with van der Waals surface area (Å²) in [6.07, 6.45) is -4.40. The number of rotatable bonds is 3. The highest BCUT2D eigenvalue weighted by molar-refractivity contribution is 5.85. The lowest BCUT2D eigenvalue weighted by atomic mass is 9.87. The summed E-state index contributed by atoms with van der Waals surface area (Å²) in [5, 5.41) is 3.28. The number of aromatic nitrogens is 4. The largest absolute Gasteiger partial charge is 0.416 e. The van der Waals surface area contributed by atoms with Crippen molar-refractivity contribution in [3.8, 4) is 11.4 Å². The van der Waals surface area contributed by atoms with E-state index in [2.05, 4.69) is 58.2 Å². The molecule has 5 nitrogen and oxygen atoms in total. The second-order valence-electron chi connectivity index (χ2n) is 9.08. The van der Waals surface area contributed by atoms with Crippen LogP contribution in [0, 0.1) is 0 Å². The predicted molar refractivity (Wildman–Crippen MR) is 125 cm³/mol. The van der Waals surface area contributed by atoms with Gasteiger partial charge in [0.2, 0.25) is 5.95 Å². The zero-order chi connectivity index (χ0) is 23.4. The van der Waals surface area contributed by atoms with Crippen molar-refractivity contribution in [2.45, 2.75) is 32.4 Å². The van der Waals surface area contributed by atoms with Crippen LogP contribution < -0.4 is 5.32 Å². The molecule has 8 heteroatoms. The van der Waals surface area contributed by atoms with Crippen LogP contribution in [0.15, 0.2) is 60.7 Å². The lowest BCUT2D eigenvalue weighted by Gasteiger charge is -2.19. The van der Waals surface area contributed by atoms with Gasteiger partial charge in [0.25, 0.3) is 0 Å². The van der Waals surface area contributed by atoms with Crippen molar-refractivity contribution in [2.75, 3.05) is 5.32 Å². The minimum atomic E-state index is -4.40. The Labute approximate surface area is 188 Å². The van der Waals surface area contributed by atoms with Gasteiger partial charge in [0.05, 0.1) is 27.6 Å². The van der Waals surface area contributed by atoms with Gasteiger partial charge in [-0.15, -0.1) is 0 Å². The van der Waals surface area contributed by atoms with Crippen LogP contribution in [0.2, 0.25) is 0 Å². The monoisotopic (exact) mass is 449 g/mol. The van der Waals surface area contributed by atoms with E-state index < -0.39 is 11.7 Å². The Kier molecular flexibility index (Phi) is 4.70. The molecule has 5 rings (SSSR count). The Morgan fingerprint density at radius 1 is 0.727 bits per heavy atom. The minimum Gasteiger partial charge on any atom is -0.338 e. The van der Waals surface area contributed by atoms with Gasteiger partial charge in [-0.2, -0.15) is 13.2 Å². The van der Waals surface area contributed by atoms with Crippen molar-refractivity contribution >= 4 is 33.7 Å². The standard InChI is InChI=1S/C25H22F3N5/c1-24(2,3)15-5-8-17(9-6-15)29-23-32-19-10-4-14(12-20(19)33-23)22-30-18-11-7-16(25(26,27)28)13-21(18)31-22/h4-13H,1-3H3,(H,30,31)(H2,29,32,33). The highest BCUT2D eigenvalue weighted by atomic mass is 19.4. The lowest BCUT2D eigenvalue weighted by Crippen LogP contribution is -2.10. The molecule has 3 N–H and O–H groups in total. The maximum Gasteiger partial charge on any atom is 0.416 e. The summed E-state index contributed by atoms with van der Waals surface area (Å²) >= 11 is 0. The van der Waals surface area contributed by atoms with Crippen LogP contribution in [0.25, 0.3) is 33.5 Å². The third kappa shape index (κ3) is 4.16. The molecule has 0 atom stereocenters. The smallest absolute Gasteiger partial charge is 0.338 e. The normalized spacial score (nSPS) is 12.5. The molecule has 3 aromatic carbocycles. The topological polar surface area (TPSA) is 69.4 Å². The molecule has 0 fully saturated rings. The average molecular weight is 449 g/mol. The van der Waals surface area contributed by atoms with Gasteiger partial charge >= 0.3 is 6.18 Å². The molecule has 5 aromatic rings. The Morgan fingerprint density at radius 2 is 1.36 bits per heavy atom. The van der Waals surface area contributed by atoms with Crippen molar-refractivity contribution < 1.29 is 13.2 Å². The van der Waals surface area contributed by atoms with Crippen molar-refractivity contribution in [3.63, 3.8) is 0 Å². The van der Waals surface area contributed by atoms with E-state index in [1.807, 2.05) is 30.3 Å². The summed E-state index contributed by atoms with van der Waals surface area (Å²) in [5.41, 5.74) is 4.65. The lowest BCUT2D eigenvalue weighted by molar-refractivity contribution is -0.137. The number of fused-ring (bicyclic) bond motifs is 2. The molecule has 168 valence electrons. The predicted octanol–water partition coefficient (Wildman–Crippen LogP) is 7.17. The molecule has 0 aliphatic heterocycles. The van der Waals surface area contributed by atoms with E-state index in [1.54, 1.807) is 0 Å². The maximum absolute atomic E-state index is 13.0. The number of alkyl halides is 3. The van der Waals surface area contributed by atoms with Crippen LogP contribution in [0.3, 0.4) is 0 Å². The number of aromatic amines is 2. The summed E-state index contributed by atoms with van der Waals surface area (Å²) in [5.74, 6) is 1.10. The van der Waals surface area contributed by atoms with Gasteiger partial charge in [0.1, 0.15) is 5.82 Å². The number of anilines is 2. The Bertz CT molecular complexity index is 1450. The van der Waals surface area contributed by atoms with Gasteiger partial charge in [-0.1, -0.05) is 32.9 Å². The molecule has 0 saturated heterocycles. The number of hydrogen-bond donors (Lipinski definition) is 3. The van der Waals surface area contributed by atoms with Gasteiger partial charge < -0.3 is 15.3 Å². The van der Waals surface area contributed by atoms with Crippen molar-refractivity contribution in [3.05, 3.63) is 71.8 Å². The number of imidazole rings is 2. The Morgan fingerprint density at radius 3 is 2.06 bits per heavy atom. The van der Waals surface area contributed by atoms with Gasteiger partial charge in [-0.25, -0.2) is 9.97 Å². The third-order valence-corrected chi connectivity index (χ3v) is 5.58. The maximum atomic E-state index is 13.0. The molecular formula is C25H22F3N5. The minimum absolute atomic E-state index is 0.0826. The van der Waals surface area contributed by atoms with Crippen LogP contribution in [0.1, 0.15) is 31.9 Å². The fraction of sp³-hybridized carbons (Fsp3) is 0.200. The molecule has 0 aliphatic carbocycles. The molecule has 2 heterocycles. The van der Waals surface area contributed by atoms with Crippen LogP contribution >= 0.6 is 0 Å². The number of halogens is 3. The molecule has 2 aromatic heterocycles.